The van der Waals surface area contributed by atoms with Crippen LogP contribution < -0.4 is 10.2 Å². The zero-order valence-corrected chi connectivity index (χ0v) is 15.0. The summed E-state index contributed by atoms with van der Waals surface area (Å²) in [5.41, 5.74) is 6.80. The van der Waals surface area contributed by atoms with Crippen LogP contribution >= 0.6 is 0 Å². The van der Waals surface area contributed by atoms with E-state index in [9.17, 15) is 0 Å². The Bertz CT molecular complexity index is 860. The molecule has 4 rings (SSSR count). The number of nitrogens with zero attached hydrogens (tertiary/aromatic N) is 4. The lowest BCUT2D eigenvalue weighted by Crippen LogP contribution is -2.43. The molecule has 5 heteroatoms. The van der Waals surface area contributed by atoms with Crippen molar-refractivity contribution in [2.75, 3.05) is 31.1 Å². The van der Waals surface area contributed by atoms with Gasteiger partial charge in [0.2, 0.25) is 0 Å². The minimum absolute atomic E-state index is 0.952. The van der Waals surface area contributed by atoms with Crippen LogP contribution in [0.4, 0.5) is 5.69 Å². The number of anilines is 1. The number of aryl methyl sites for hydroxylation is 4. The van der Waals surface area contributed by atoms with Crippen molar-refractivity contribution in [2.24, 2.45) is 0 Å². The highest BCUT2D eigenvalue weighted by molar-refractivity contribution is 5.48. The molecule has 0 atom stereocenters. The average Bonchev–Trinajstić information content (AvgIpc) is 3.04. The fraction of sp³-hybridized carbons (Fsp3) is 0.400. The van der Waals surface area contributed by atoms with Gasteiger partial charge in [0.15, 0.2) is 5.65 Å². The minimum Gasteiger partial charge on any atom is -0.369 e. The van der Waals surface area contributed by atoms with Crippen molar-refractivity contribution < 1.29 is 0 Å². The van der Waals surface area contributed by atoms with Gasteiger partial charge in [-0.3, -0.25) is 4.98 Å². The molecule has 0 saturated carbocycles. The molecule has 0 aliphatic carbocycles. The van der Waals surface area contributed by atoms with Crippen LogP contribution in [0.25, 0.3) is 5.65 Å². The molecule has 0 bridgehead atoms. The molecule has 1 aliphatic rings. The maximum atomic E-state index is 4.74. The monoisotopic (exact) mass is 335 g/mol. The molecular weight excluding hydrogens is 310 g/mol. The zero-order valence-electron chi connectivity index (χ0n) is 15.0. The van der Waals surface area contributed by atoms with Gasteiger partial charge in [-0.2, -0.15) is 0 Å². The first-order valence-corrected chi connectivity index (χ1v) is 9.05. The fourth-order valence-electron chi connectivity index (χ4n) is 3.54. The molecule has 0 amide bonds. The molecule has 3 aromatic rings. The van der Waals surface area contributed by atoms with E-state index in [0.29, 0.717) is 0 Å². The normalized spacial score (nSPS) is 15.0. The van der Waals surface area contributed by atoms with Crippen LogP contribution in [0, 0.1) is 13.8 Å². The number of rotatable bonds is 4. The van der Waals surface area contributed by atoms with E-state index in [1.165, 1.54) is 11.3 Å². The van der Waals surface area contributed by atoms with E-state index in [1.54, 1.807) is 0 Å². The van der Waals surface area contributed by atoms with Crippen LogP contribution in [-0.4, -0.2) is 40.5 Å². The number of hydrogen-bond donors (Lipinski definition) is 1. The Hall–Kier alpha value is -2.40. The van der Waals surface area contributed by atoms with Crippen molar-refractivity contribution >= 4 is 11.3 Å². The molecule has 1 aliphatic heterocycles. The molecule has 1 saturated heterocycles. The van der Waals surface area contributed by atoms with Gasteiger partial charge in [-0.1, -0.05) is 12.1 Å². The third kappa shape index (κ3) is 3.51. The molecule has 0 radical (unpaired) electrons. The molecule has 1 aromatic carbocycles. The zero-order chi connectivity index (χ0) is 17.2. The summed E-state index contributed by atoms with van der Waals surface area (Å²) in [4.78, 5) is 11.7. The highest BCUT2D eigenvalue weighted by Crippen LogP contribution is 2.17. The second-order valence-electron chi connectivity index (χ2n) is 6.83. The second kappa shape index (κ2) is 6.84. The van der Waals surface area contributed by atoms with Crippen LogP contribution in [0.1, 0.15) is 22.6 Å². The van der Waals surface area contributed by atoms with E-state index in [-0.39, 0.29) is 0 Å². The van der Waals surface area contributed by atoms with E-state index in [2.05, 4.69) is 50.1 Å². The van der Waals surface area contributed by atoms with Crippen LogP contribution in [0.5, 0.6) is 0 Å². The summed E-state index contributed by atoms with van der Waals surface area (Å²) in [6, 6.07) is 9.01. The number of fused-ring (bicyclic) bond motifs is 1. The van der Waals surface area contributed by atoms with Gasteiger partial charge in [0.25, 0.3) is 0 Å². The van der Waals surface area contributed by atoms with Gasteiger partial charge in [-0.05, 0) is 44.4 Å². The molecule has 0 unspecified atom stereocenters. The Kier molecular flexibility index (Phi) is 4.40. The maximum Gasteiger partial charge on any atom is 0.158 e. The fourth-order valence-corrected chi connectivity index (χ4v) is 3.54. The first-order chi connectivity index (χ1) is 12.2. The molecule has 1 fully saturated rings. The van der Waals surface area contributed by atoms with Gasteiger partial charge < -0.3 is 14.6 Å². The van der Waals surface area contributed by atoms with Crippen LogP contribution in [0.15, 0.2) is 36.7 Å². The van der Waals surface area contributed by atoms with Gasteiger partial charge in [-0.15, -0.1) is 0 Å². The predicted molar refractivity (Wildman–Crippen MR) is 101 cm³/mol. The topological polar surface area (TPSA) is 45.5 Å². The first-order valence-electron chi connectivity index (χ1n) is 9.05. The van der Waals surface area contributed by atoms with Crippen molar-refractivity contribution in [3.05, 3.63) is 59.3 Å². The van der Waals surface area contributed by atoms with Crippen molar-refractivity contribution in [3.63, 3.8) is 0 Å². The highest BCUT2D eigenvalue weighted by Gasteiger charge is 2.10. The molecule has 1 N–H and O–H groups in total. The molecule has 0 spiro atoms. The Morgan fingerprint density at radius 2 is 1.72 bits per heavy atom. The van der Waals surface area contributed by atoms with Gasteiger partial charge in [0, 0.05) is 44.3 Å². The quantitative estimate of drug-likeness (QED) is 0.796. The summed E-state index contributed by atoms with van der Waals surface area (Å²) in [6.45, 7) is 8.37. The van der Waals surface area contributed by atoms with E-state index in [4.69, 9.17) is 4.98 Å². The van der Waals surface area contributed by atoms with Gasteiger partial charge in [0.05, 0.1) is 17.1 Å². The third-order valence-corrected chi connectivity index (χ3v) is 4.86. The van der Waals surface area contributed by atoms with Crippen molar-refractivity contribution in [1.29, 1.82) is 0 Å². The number of benzene rings is 1. The van der Waals surface area contributed by atoms with Crippen molar-refractivity contribution in [1.82, 2.24) is 19.7 Å². The predicted octanol–water partition coefficient (Wildman–Crippen LogP) is 2.54. The summed E-state index contributed by atoms with van der Waals surface area (Å²) in [7, 11) is 0. The van der Waals surface area contributed by atoms with Gasteiger partial charge >= 0.3 is 0 Å². The number of piperazine rings is 1. The highest BCUT2D eigenvalue weighted by atomic mass is 15.2. The average molecular weight is 335 g/mol. The van der Waals surface area contributed by atoms with Gasteiger partial charge in [0.1, 0.15) is 0 Å². The summed E-state index contributed by atoms with van der Waals surface area (Å²) in [5, 5.41) is 3.40. The molecule has 25 heavy (non-hydrogen) atoms. The number of imidazole rings is 1. The van der Waals surface area contributed by atoms with Gasteiger partial charge in [-0.25, -0.2) is 4.98 Å². The Morgan fingerprint density at radius 3 is 2.48 bits per heavy atom. The molecule has 5 nitrogen and oxygen atoms in total. The Labute approximate surface area is 148 Å². The summed E-state index contributed by atoms with van der Waals surface area (Å²) in [5.74, 6) is 0. The van der Waals surface area contributed by atoms with Crippen LogP contribution in [0.3, 0.4) is 0 Å². The lowest BCUT2D eigenvalue weighted by molar-refractivity contribution is 0.589. The van der Waals surface area contributed by atoms with E-state index < -0.39 is 0 Å². The van der Waals surface area contributed by atoms with Crippen LogP contribution in [-0.2, 0) is 12.8 Å². The van der Waals surface area contributed by atoms with E-state index in [1.807, 2.05) is 20.0 Å². The minimum atomic E-state index is 0.952. The Balaban J connectivity index is 1.43. The van der Waals surface area contributed by atoms with Crippen molar-refractivity contribution in [2.45, 2.75) is 26.7 Å². The standard InChI is InChI=1S/C20H25N5/c1-15-13-25-14-18(23-20(25)16(2)22-15)6-3-17-4-7-19(8-5-17)24-11-9-21-10-12-24/h4-5,7-8,13-14,21H,3,6,9-12H2,1-2H3. The van der Waals surface area contributed by atoms with Crippen molar-refractivity contribution in [3.8, 4) is 0 Å². The molecule has 2 aromatic heterocycles. The van der Waals surface area contributed by atoms with Crippen LogP contribution in [0.2, 0.25) is 0 Å². The molecule has 3 heterocycles. The lowest BCUT2D eigenvalue weighted by atomic mass is 10.1. The van der Waals surface area contributed by atoms with E-state index >= 15 is 0 Å². The third-order valence-electron chi connectivity index (χ3n) is 4.86. The summed E-state index contributed by atoms with van der Waals surface area (Å²) >= 11 is 0. The Morgan fingerprint density at radius 1 is 0.960 bits per heavy atom. The number of hydrogen-bond acceptors (Lipinski definition) is 4. The maximum absolute atomic E-state index is 4.74. The smallest absolute Gasteiger partial charge is 0.158 e. The summed E-state index contributed by atoms with van der Waals surface area (Å²) in [6.07, 6.45) is 6.14. The number of aromatic nitrogens is 3. The molecular formula is C20H25N5. The largest absolute Gasteiger partial charge is 0.369 e. The lowest BCUT2D eigenvalue weighted by Gasteiger charge is -2.29. The SMILES string of the molecule is Cc1cn2cc(CCc3ccc(N4CCNCC4)cc3)nc2c(C)n1. The molecule has 130 valence electrons. The number of nitrogens with one attached hydrogen (secondary N) is 1. The summed E-state index contributed by atoms with van der Waals surface area (Å²) < 4.78 is 2.10. The second-order valence-corrected chi connectivity index (χ2v) is 6.83. The van der Waals surface area contributed by atoms with E-state index in [0.717, 1.165) is 61.7 Å². The first kappa shape index (κ1) is 16.1.